The number of aryl methyl sites for hydroxylation is 1. The Hall–Kier alpha value is -1.93. The number of amides is 1. The lowest BCUT2D eigenvalue weighted by Crippen LogP contribution is -2.31. The molecule has 0 spiro atoms. The molecule has 0 aliphatic carbocycles. The zero-order chi connectivity index (χ0) is 14.4. The molecule has 0 atom stereocenters. The van der Waals surface area contributed by atoms with Crippen LogP contribution in [0.2, 0.25) is 0 Å². The number of benzene rings is 1. The van der Waals surface area contributed by atoms with Gasteiger partial charge in [0.2, 0.25) is 0 Å². The number of nitrogens with two attached hydrogens (primary N) is 1. The Morgan fingerprint density at radius 2 is 2.16 bits per heavy atom. The van der Waals surface area contributed by atoms with E-state index in [2.05, 4.69) is 11.8 Å². The molecule has 0 saturated carbocycles. The number of alkyl halides is 2. The van der Waals surface area contributed by atoms with E-state index in [1.54, 1.807) is 18.2 Å². The fraction of sp³-hybridized carbons (Fsp3) is 0.357. The van der Waals surface area contributed by atoms with Crippen molar-refractivity contribution in [3.05, 3.63) is 34.9 Å². The minimum atomic E-state index is -2.55. The summed E-state index contributed by atoms with van der Waals surface area (Å²) in [5.41, 5.74) is 7.23. The van der Waals surface area contributed by atoms with Gasteiger partial charge in [-0.3, -0.25) is 4.79 Å². The minimum absolute atomic E-state index is 0.225. The molecule has 0 bridgehead atoms. The average molecular weight is 266 g/mol. The predicted molar refractivity (Wildman–Crippen MR) is 70.1 cm³/mol. The first-order chi connectivity index (χ1) is 8.95. The first-order valence-corrected chi connectivity index (χ1v) is 5.79. The van der Waals surface area contributed by atoms with Crippen molar-refractivity contribution in [3.8, 4) is 11.8 Å². The van der Waals surface area contributed by atoms with Gasteiger partial charge in [0.15, 0.2) is 0 Å². The quantitative estimate of drug-likeness (QED) is 0.845. The first-order valence-electron chi connectivity index (χ1n) is 5.79. The second-order valence-corrected chi connectivity index (χ2v) is 4.11. The molecule has 0 heterocycles. The molecule has 1 rings (SSSR count). The standard InChI is InChI=1S/C14H16F2N2O/c1-10-5-6-12(8-11(10)4-3-7-17)14(19)18(2)9-13(15)16/h5-6,8,13H,7,9,17H2,1-2H3. The van der Waals surface area contributed by atoms with Gasteiger partial charge in [-0.05, 0) is 24.6 Å². The largest absolute Gasteiger partial charge is 0.336 e. The van der Waals surface area contributed by atoms with E-state index in [0.717, 1.165) is 10.5 Å². The van der Waals surface area contributed by atoms with Gasteiger partial charge in [-0.25, -0.2) is 8.78 Å². The van der Waals surface area contributed by atoms with Crippen LogP contribution in [0.3, 0.4) is 0 Å². The fourth-order valence-electron chi connectivity index (χ4n) is 1.55. The van der Waals surface area contributed by atoms with E-state index < -0.39 is 18.9 Å². The van der Waals surface area contributed by atoms with Crippen LogP contribution in [0, 0.1) is 18.8 Å². The second kappa shape index (κ2) is 6.86. The van der Waals surface area contributed by atoms with Crippen molar-refractivity contribution in [3.63, 3.8) is 0 Å². The summed E-state index contributed by atoms with van der Waals surface area (Å²) in [5.74, 6) is 5.11. The maximum atomic E-state index is 12.2. The molecule has 0 aliphatic rings. The van der Waals surface area contributed by atoms with E-state index in [-0.39, 0.29) is 6.54 Å². The van der Waals surface area contributed by atoms with Crippen molar-refractivity contribution < 1.29 is 13.6 Å². The molecular weight excluding hydrogens is 250 g/mol. The maximum Gasteiger partial charge on any atom is 0.255 e. The van der Waals surface area contributed by atoms with Crippen LogP contribution < -0.4 is 5.73 Å². The smallest absolute Gasteiger partial charge is 0.255 e. The highest BCUT2D eigenvalue weighted by Gasteiger charge is 2.16. The van der Waals surface area contributed by atoms with Gasteiger partial charge in [0, 0.05) is 18.2 Å². The molecule has 0 saturated heterocycles. The van der Waals surface area contributed by atoms with E-state index in [9.17, 15) is 13.6 Å². The summed E-state index contributed by atoms with van der Waals surface area (Å²) < 4.78 is 24.5. The highest BCUT2D eigenvalue weighted by Crippen LogP contribution is 2.12. The molecule has 1 aromatic rings. The topological polar surface area (TPSA) is 46.3 Å². The summed E-state index contributed by atoms with van der Waals surface area (Å²) in [6, 6.07) is 4.94. The first kappa shape index (κ1) is 15.1. The molecule has 0 unspecified atom stereocenters. The van der Waals surface area contributed by atoms with Gasteiger partial charge >= 0.3 is 0 Å². The zero-order valence-electron chi connectivity index (χ0n) is 10.9. The van der Waals surface area contributed by atoms with Crippen LogP contribution in [0.25, 0.3) is 0 Å². The summed E-state index contributed by atoms with van der Waals surface area (Å²) in [6.07, 6.45) is -2.55. The van der Waals surface area contributed by atoms with Gasteiger partial charge in [-0.1, -0.05) is 17.9 Å². The van der Waals surface area contributed by atoms with Crippen LogP contribution in [-0.4, -0.2) is 37.4 Å². The van der Waals surface area contributed by atoms with Gasteiger partial charge in [0.05, 0.1) is 13.1 Å². The van der Waals surface area contributed by atoms with Crippen molar-refractivity contribution in [1.82, 2.24) is 4.90 Å². The number of rotatable bonds is 3. The van der Waals surface area contributed by atoms with Crippen LogP contribution in [0.1, 0.15) is 21.5 Å². The highest BCUT2D eigenvalue weighted by molar-refractivity contribution is 5.94. The van der Waals surface area contributed by atoms with Crippen LogP contribution in [-0.2, 0) is 0 Å². The monoisotopic (exact) mass is 266 g/mol. The number of carbonyl (C=O) groups is 1. The molecule has 2 N–H and O–H groups in total. The zero-order valence-corrected chi connectivity index (χ0v) is 10.9. The normalized spacial score (nSPS) is 10.0. The molecule has 0 fully saturated rings. The molecule has 19 heavy (non-hydrogen) atoms. The number of carbonyl (C=O) groups excluding carboxylic acids is 1. The summed E-state index contributed by atoms with van der Waals surface area (Å²) in [7, 11) is 1.35. The molecule has 0 aromatic heterocycles. The maximum absolute atomic E-state index is 12.2. The summed E-state index contributed by atoms with van der Waals surface area (Å²) in [5, 5.41) is 0. The summed E-state index contributed by atoms with van der Waals surface area (Å²) >= 11 is 0. The average Bonchev–Trinajstić information content (AvgIpc) is 2.36. The van der Waals surface area contributed by atoms with E-state index in [4.69, 9.17) is 5.73 Å². The van der Waals surface area contributed by atoms with E-state index >= 15 is 0 Å². The van der Waals surface area contributed by atoms with Crippen LogP contribution in [0.15, 0.2) is 18.2 Å². The summed E-state index contributed by atoms with van der Waals surface area (Å²) in [4.78, 5) is 12.9. The van der Waals surface area contributed by atoms with Crippen molar-refractivity contribution in [2.75, 3.05) is 20.1 Å². The lowest BCUT2D eigenvalue weighted by Gasteiger charge is -2.16. The van der Waals surface area contributed by atoms with Gasteiger partial charge < -0.3 is 10.6 Å². The lowest BCUT2D eigenvalue weighted by molar-refractivity contribution is 0.0620. The second-order valence-electron chi connectivity index (χ2n) is 4.11. The van der Waals surface area contributed by atoms with Crippen molar-refractivity contribution in [2.45, 2.75) is 13.3 Å². The van der Waals surface area contributed by atoms with E-state index in [0.29, 0.717) is 11.1 Å². The van der Waals surface area contributed by atoms with Crippen LogP contribution in [0.4, 0.5) is 8.78 Å². The Kier molecular flexibility index (Phi) is 5.46. The van der Waals surface area contributed by atoms with Gasteiger partial charge in [0.25, 0.3) is 12.3 Å². The minimum Gasteiger partial charge on any atom is -0.336 e. The molecule has 1 aromatic carbocycles. The SMILES string of the molecule is Cc1ccc(C(=O)N(C)CC(F)F)cc1C#CCN. The number of nitrogens with zero attached hydrogens (tertiary/aromatic N) is 1. The van der Waals surface area contributed by atoms with E-state index in [1.807, 2.05) is 6.92 Å². The number of halogens is 2. The van der Waals surface area contributed by atoms with Gasteiger partial charge in [-0.2, -0.15) is 0 Å². The molecule has 0 aliphatic heterocycles. The molecule has 1 amide bonds. The van der Waals surface area contributed by atoms with Gasteiger partial charge in [0.1, 0.15) is 0 Å². The van der Waals surface area contributed by atoms with Gasteiger partial charge in [-0.15, -0.1) is 0 Å². The fourth-order valence-corrected chi connectivity index (χ4v) is 1.55. The molecule has 5 heteroatoms. The van der Waals surface area contributed by atoms with Crippen LogP contribution in [0.5, 0.6) is 0 Å². The Morgan fingerprint density at radius 3 is 2.74 bits per heavy atom. The predicted octanol–water partition coefficient (Wildman–Crippen LogP) is 1.64. The third-order valence-electron chi connectivity index (χ3n) is 2.57. The highest BCUT2D eigenvalue weighted by atomic mass is 19.3. The third-order valence-corrected chi connectivity index (χ3v) is 2.57. The molecular formula is C14H16F2N2O. The number of hydrogen-bond acceptors (Lipinski definition) is 2. The van der Waals surface area contributed by atoms with E-state index in [1.165, 1.54) is 7.05 Å². The lowest BCUT2D eigenvalue weighted by atomic mass is 10.0. The third kappa shape index (κ3) is 4.34. The van der Waals surface area contributed by atoms with Crippen LogP contribution >= 0.6 is 0 Å². The van der Waals surface area contributed by atoms with Crippen molar-refractivity contribution >= 4 is 5.91 Å². The Balaban J connectivity index is 2.98. The van der Waals surface area contributed by atoms with Crippen molar-refractivity contribution in [1.29, 1.82) is 0 Å². The Morgan fingerprint density at radius 1 is 1.47 bits per heavy atom. The Bertz CT molecular complexity index is 518. The number of hydrogen-bond donors (Lipinski definition) is 1. The summed E-state index contributed by atoms with van der Waals surface area (Å²) in [6.45, 7) is 1.50. The molecule has 102 valence electrons. The Labute approximate surface area is 111 Å². The van der Waals surface area contributed by atoms with Crippen molar-refractivity contribution in [2.24, 2.45) is 5.73 Å². The molecule has 3 nitrogen and oxygen atoms in total. The molecule has 0 radical (unpaired) electrons.